The summed E-state index contributed by atoms with van der Waals surface area (Å²) in [6, 6.07) is 2.33. The maximum atomic E-state index is 13.3. The van der Waals surface area contributed by atoms with Crippen LogP contribution in [-0.2, 0) is 20.0 Å². The summed E-state index contributed by atoms with van der Waals surface area (Å²) in [7, 11) is -7.49. The lowest BCUT2D eigenvalue weighted by molar-refractivity contribution is 0.549. The van der Waals surface area contributed by atoms with Crippen molar-refractivity contribution in [2.24, 2.45) is 4.36 Å². The van der Waals surface area contributed by atoms with Crippen molar-refractivity contribution in [1.29, 1.82) is 0 Å². The van der Waals surface area contributed by atoms with Gasteiger partial charge in [0, 0.05) is 22.2 Å². The van der Waals surface area contributed by atoms with Gasteiger partial charge in [-0.15, -0.1) is 3.89 Å². The molecule has 0 aromatic heterocycles. The molecule has 0 fully saturated rings. The molecule has 0 saturated heterocycles. The minimum Gasteiger partial charge on any atom is -0.250 e. The van der Waals surface area contributed by atoms with Crippen LogP contribution in [0.25, 0.3) is 0 Å². The van der Waals surface area contributed by atoms with Gasteiger partial charge < -0.3 is 0 Å². The third-order valence-corrected chi connectivity index (χ3v) is 2.97. The van der Waals surface area contributed by atoms with Gasteiger partial charge in [-0.05, 0) is 18.2 Å². The number of benzene rings is 1. The smallest absolute Gasteiger partial charge is 0.250 e. The minimum atomic E-state index is -4.94. The molecule has 0 N–H and O–H groups in total. The van der Waals surface area contributed by atoms with Crippen LogP contribution in [-0.4, -0.2) is 25.1 Å². The highest BCUT2D eigenvalue weighted by molar-refractivity contribution is 7.92. The number of rotatable bonds is 2. The van der Waals surface area contributed by atoms with Crippen molar-refractivity contribution in [2.45, 2.75) is 4.90 Å². The van der Waals surface area contributed by atoms with Crippen LogP contribution in [0.2, 0.25) is 0 Å². The fourth-order valence-electron chi connectivity index (χ4n) is 0.950. The molecule has 0 radical (unpaired) electrons. The van der Waals surface area contributed by atoms with Crippen LogP contribution in [0.5, 0.6) is 0 Å². The molecule has 0 amide bonds. The first-order chi connectivity index (χ1) is 7.09. The van der Waals surface area contributed by atoms with E-state index in [4.69, 9.17) is 0 Å². The molecule has 1 aromatic rings. The molecule has 0 unspecified atom stereocenters. The lowest BCUT2D eigenvalue weighted by Gasteiger charge is -2.00. The molecule has 1 rings (SSSR count). The van der Waals surface area contributed by atoms with Crippen molar-refractivity contribution in [3.8, 4) is 0 Å². The normalized spacial score (nSPS) is 12.5. The van der Waals surface area contributed by atoms with Crippen molar-refractivity contribution in [3.63, 3.8) is 0 Å². The van der Waals surface area contributed by atoms with Crippen molar-refractivity contribution in [3.05, 3.63) is 24.0 Å². The molecule has 4 nitrogen and oxygen atoms in total. The maximum absolute atomic E-state index is 13.3. The second-order valence-corrected chi connectivity index (χ2v) is 7.22. The van der Waals surface area contributed by atoms with Gasteiger partial charge in [-0.3, -0.25) is 0 Å². The van der Waals surface area contributed by atoms with Gasteiger partial charge in [0.25, 0.3) is 0 Å². The molecular weight excluding hydrogens is 260 g/mol. The summed E-state index contributed by atoms with van der Waals surface area (Å²) in [5.41, 5.74) is -0.262. The Bertz CT molecular complexity index is 623. The zero-order valence-electron chi connectivity index (χ0n) is 8.48. The molecule has 0 bridgehead atoms. The Hall–Kier alpha value is -1.02. The van der Waals surface area contributed by atoms with E-state index < -0.39 is 30.7 Å². The summed E-state index contributed by atoms with van der Waals surface area (Å²) in [5, 5.41) is 0. The van der Waals surface area contributed by atoms with Crippen LogP contribution in [0.1, 0.15) is 0 Å². The molecule has 0 atom stereocenters. The number of hydrogen-bond acceptors (Lipinski definition) is 4. The van der Waals surface area contributed by atoms with E-state index in [0.29, 0.717) is 6.07 Å². The van der Waals surface area contributed by atoms with Crippen molar-refractivity contribution < 1.29 is 20.9 Å². The molecule has 0 aliphatic heterocycles. The van der Waals surface area contributed by atoms with E-state index in [9.17, 15) is 20.9 Å². The zero-order valence-corrected chi connectivity index (χ0v) is 10.1. The number of halogens is 2. The second-order valence-electron chi connectivity index (χ2n) is 3.32. The van der Waals surface area contributed by atoms with Gasteiger partial charge in [-0.1, -0.05) is 0 Å². The molecule has 90 valence electrons. The fraction of sp³-hybridized carbons (Fsp3) is 0.250. The van der Waals surface area contributed by atoms with Gasteiger partial charge in [0.1, 0.15) is 10.6 Å². The first-order valence-corrected chi connectivity index (χ1v) is 7.72. The van der Waals surface area contributed by atoms with Crippen LogP contribution < -0.4 is 0 Å². The lowest BCUT2D eigenvalue weighted by atomic mass is 10.3. The van der Waals surface area contributed by atoms with Gasteiger partial charge in [-0.25, -0.2) is 8.60 Å². The van der Waals surface area contributed by atoms with Crippen LogP contribution in [0.3, 0.4) is 0 Å². The predicted octanol–water partition coefficient (Wildman–Crippen LogP) is 1.84. The molecule has 16 heavy (non-hydrogen) atoms. The molecule has 0 heterocycles. The van der Waals surface area contributed by atoms with Crippen LogP contribution in [0, 0.1) is 5.82 Å². The zero-order chi connectivity index (χ0) is 12.6. The number of hydrogen-bond donors (Lipinski definition) is 0. The molecule has 0 spiro atoms. The van der Waals surface area contributed by atoms with Crippen molar-refractivity contribution in [1.82, 2.24) is 0 Å². The van der Waals surface area contributed by atoms with Gasteiger partial charge >= 0.3 is 10.2 Å². The van der Waals surface area contributed by atoms with E-state index >= 15 is 0 Å². The SMILES string of the molecule is CS(C)(=O)=Nc1ccc(S(=O)(=O)F)cc1F. The summed E-state index contributed by atoms with van der Waals surface area (Å²) >= 11 is 0. The summed E-state index contributed by atoms with van der Waals surface area (Å²) in [4.78, 5) is -0.789. The van der Waals surface area contributed by atoms with E-state index in [0.717, 1.165) is 12.1 Å². The Balaban J connectivity index is 3.38. The van der Waals surface area contributed by atoms with E-state index in [1.54, 1.807) is 0 Å². The Kier molecular flexibility index (Phi) is 3.34. The first kappa shape index (κ1) is 13.0. The van der Waals surface area contributed by atoms with Gasteiger partial charge in [0.05, 0.1) is 0 Å². The standard InChI is InChI=1S/C8H9F2NO3S2/c1-15(2,12)11-8-4-3-6(5-7(8)9)16(10,13)14/h3-5H,1-2H3. The van der Waals surface area contributed by atoms with Gasteiger partial charge in [0.2, 0.25) is 0 Å². The maximum Gasteiger partial charge on any atom is 0.332 e. The third kappa shape index (κ3) is 3.53. The highest BCUT2D eigenvalue weighted by atomic mass is 32.3. The average molecular weight is 269 g/mol. The largest absolute Gasteiger partial charge is 0.332 e. The monoisotopic (exact) mass is 269 g/mol. The molecule has 0 aliphatic rings. The minimum absolute atomic E-state index is 0.262. The van der Waals surface area contributed by atoms with E-state index in [1.165, 1.54) is 12.5 Å². The summed E-state index contributed by atoms with van der Waals surface area (Å²) in [5.74, 6) is -1.03. The topological polar surface area (TPSA) is 63.6 Å². The van der Waals surface area contributed by atoms with E-state index in [2.05, 4.69) is 4.36 Å². The fourth-order valence-corrected chi connectivity index (χ4v) is 2.05. The quantitative estimate of drug-likeness (QED) is 0.770. The highest BCUT2D eigenvalue weighted by Gasteiger charge is 2.14. The summed E-state index contributed by atoms with van der Waals surface area (Å²) < 4.78 is 61.5. The molecule has 0 saturated carbocycles. The third-order valence-electron chi connectivity index (χ3n) is 1.52. The van der Waals surface area contributed by atoms with Crippen LogP contribution in [0.4, 0.5) is 14.0 Å². The van der Waals surface area contributed by atoms with E-state index in [-0.39, 0.29) is 5.69 Å². The predicted molar refractivity (Wildman–Crippen MR) is 56.8 cm³/mol. The molecule has 0 aliphatic carbocycles. The first-order valence-electron chi connectivity index (χ1n) is 4.01. The summed E-state index contributed by atoms with van der Waals surface area (Å²) in [6.07, 6.45) is 2.60. The highest BCUT2D eigenvalue weighted by Crippen LogP contribution is 2.23. The van der Waals surface area contributed by atoms with Gasteiger partial charge in [-0.2, -0.15) is 12.8 Å². The van der Waals surface area contributed by atoms with Crippen LogP contribution in [0.15, 0.2) is 27.5 Å². The Morgan fingerprint density at radius 2 is 1.75 bits per heavy atom. The Morgan fingerprint density at radius 3 is 2.12 bits per heavy atom. The van der Waals surface area contributed by atoms with Crippen molar-refractivity contribution >= 4 is 25.6 Å². The van der Waals surface area contributed by atoms with Crippen molar-refractivity contribution in [2.75, 3.05) is 12.5 Å². The van der Waals surface area contributed by atoms with Crippen LogP contribution >= 0.6 is 0 Å². The lowest BCUT2D eigenvalue weighted by Crippen LogP contribution is -1.94. The van der Waals surface area contributed by atoms with Gasteiger partial charge in [0.15, 0.2) is 5.82 Å². The molecule has 1 aromatic carbocycles. The Morgan fingerprint density at radius 1 is 1.19 bits per heavy atom. The second kappa shape index (κ2) is 4.10. The Labute approximate surface area is 92.7 Å². The molecule has 8 heteroatoms. The van der Waals surface area contributed by atoms with E-state index in [1.807, 2.05) is 0 Å². The summed E-state index contributed by atoms with van der Waals surface area (Å²) in [6.45, 7) is 0. The average Bonchev–Trinajstić information content (AvgIpc) is 2.04. The number of nitrogens with zero attached hydrogens (tertiary/aromatic N) is 1. The molecular formula is C8H9F2NO3S2.